The minimum atomic E-state index is -0.547. The van der Waals surface area contributed by atoms with E-state index >= 15 is 0 Å². The molecule has 0 aromatic heterocycles. The first-order valence-electron chi connectivity index (χ1n) is 6.96. The summed E-state index contributed by atoms with van der Waals surface area (Å²) >= 11 is 11.9. The molecule has 0 aliphatic carbocycles. The Bertz CT molecular complexity index is 865. The zero-order chi connectivity index (χ0) is 17.3. The first-order chi connectivity index (χ1) is 11.5. The molecule has 2 aromatic carbocycles. The van der Waals surface area contributed by atoms with Gasteiger partial charge in [-0.05, 0) is 42.5 Å². The number of nitrogens with one attached hydrogen (secondary N) is 1. The summed E-state index contributed by atoms with van der Waals surface area (Å²) in [6.07, 6.45) is 1.52. The second-order valence-electron chi connectivity index (χ2n) is 4.99. The number of halogens is 2. The largest absolute Gasteiger partial charge is 0.496 e. The van der Waals surface area contributed by atoms with Gasteiger partial charge in [-0.15, -0.1) is 0 Å². The van der Waals surface area contributed by atoms with Crippen LogP contribution in [0.5, 0.6) is 5.75 Å². The van der Waals surface area contributed by atoms with Crippen molar-refractivity contribution in [2.45, 2.75) is 0 Å². The molecule has 0 unspecified atom stereocenters. The molecule has 1 saturated heterocycles. The third kappa shape index (κ3) is 3.09. The second kappa shape index (κ2) is 6.55. The van der Waals surface area contributed by atoms with Crippen molar-refractivity contribution in [2.75, 3.05) is 12.0 Å². The summed E-state index contributed by atoms with van der Waals surface area (Å²) in [5, 5.41) is 3.47. The van der Waals surface area contributed by atoms with E-state index in [2.05, 4.69) is 5.32 Å². The maximum absolute atomic E-state index is 12.6. The standard InChI is InChI=1S/C17H12Cl2N2O3/c1-24-15-6-5-12(19)7-10(15)8-14-16(22)21(17(23)20-14)13-4-2-3-11(18)9-13/h2-9H,1H3,(H,20,23)/b14-8+. The Morgan fingerprint density at radius 2 is 1.83 bits per heavy atom. The SMILES string of the molecule is COc1ccc(Cl)cc1/C=C1/NC(=O)N(c2cccc(Cl)c2)C1=O. The number of methoxy groups -OCH3 is 1. The number of carbonyl (C=O) groups excluding carboxylic acids is 2. The molecule has 0 bridgehead atoms. The molecular weight excluding hydrogens is 351 g/mol. The summed E-state index contributed by atoms with van der Waals surface area (Å²) in [5.74, 6) is 0.0550. The van der Waals surface area contributed by atoms with E-state index in [1.807, 2.05) is 0 Å². The molecule has 0 saturated carbocycles. The van der Waals surface area contributed by atoms with Crippen LogP contribution in [0.1, 0.15) is 5.56 Å². The normalized spacial score (nSPS) is 15.8. The van der Waals surface area contributed by atoms with E-state index in [9.17, 15) is 9.59 Å². The van der Waals surface area contributed by atoms with Gasteiger partial charge >= 0.3 is 6.03 Å². The van der Waals surface area contributed by atoms with Gasteiger partial charge in [0.05, 0.1) is 12.8 Å². The maximum Gasteiger partial charge on any atom is 0.333 e. The van der Waals surface area contributed by atoms with Gasteiger partial charge in [-0.25, -0.2) is 9.69 Å². The zero-order valence-electron chi connectivity index (χ0n) is 12.5. The molecule has 5 nitrogen and oxygen atoms in total. The molecule has 3 rings (SSSR count). The number of rotatable bonds is 3. The van der Waals surface area contributed by atoms with Gasteiger partial charge in [0.25, 0.3) is 5.91 Å². The van der Waals surface area contributed by atoms with E-state index in [1.165, 1.54) is 13.2 Å². The fourth-order valence-electron chi connectivity index (χ4n) is 2.36. The fourth-order valence-corrected chi connectivity index (χ4v) is 2.72. The van der Waals surface area contributed by atoms with E-state index < -0.39 is 11.9 Å². The van der Waals surface area contributed by atoms with Crippen molar-refractivity contribution in [1.82, 2.24) is 5.32 Å². The van der Waals surface area contributed by atoms with Crippen LogP contribution in [-0.4, -0.2) is 19.0 Å². The van der Waals surface area contributed by atoms with Crippen LogP contribution in [0.4, 0.5) is 10.5 Å². The lowest BCUT2D eigenvalue weighted by Crippen LogP contribution is -2.30. The van der Waals surface area contributed by atoms with Gasteiger partial charge in [-0.2, -0.15) is 0 Å². The Kier molecular flexibility index (Phi) is 4.46. The predicted molar refractivity (Wildman–Crippen MR) is 93.5 cm³/mol. The van der Waals surface area contributed by atoms with Crippen LogP contribution in [-0.2, 0) is 4.79 Å². The van der Waals surface area contributed by atoms with Gasteiger partial charge in [-0.1, -0.05) is 29.3 Å². The average molecular weight is 363 g/mol. The topological polar surface area (TPSA) is 58.6 Å². The third-order valence-electron chi connectivity index (χ3n) is 3.44. The quantitative estimate of drug-likeness (QED) is 0.660. The van der Waals surface area contributed by atoms with E-state index in [-0.39, 0.29) is 5.70 Å². The van der Waals surface area contributed by atoms with Gasteiger partial charge in [0.2, 0.25) is 0 Å². The molecule has 1 aliphatic heterocycles. The summed E-state index contributed by atoms with van der Waals surface area (Å²) in [4.78, 5) is 25.8. The molecule has 3 amide bonds. The molecule has 1 N–H and O–H groups in total. The number of ether oxygens (including phenoxy) is 1. The maximum atomic E-state index is 12.6. The summed E-state index contributed by atoms with van der Waals surface area (Å²) in [5.41, 5.74) is 1.11. The summed E-state index contributed by atoms with van der Waals surface area (Å²) < 4.78 is 5.24. The van der Waals surface area contributed by atoms with Crippen LogP contribution in [0, 0.1) is 0 Å². The number of nitrogens with zero attached hydrogens (tertiary/aromatic N) is 1. The van der Waals surface area contributed by atoms with Gasteiger partial charge in [0.15, 0.2) is 0 Å². The van der Waals surface area contributed by atoms with E-state index in [4.69, 9.17) is 27.9 Å². The number of hydrogen-bond acceptors (Lipinski definition) is 3. The van der Waals surface area contributed by atoms with Gasteiger partial charge in [0.1, 0.15) is 11.4 Å². The van der Waals surface area contributed by atoms with Crippen molar-refractivity contribution in [3.8, 4) is 5.75 Å². The van der Waals surface area contributed by atoms with Crippen LogP contribution in [0.2, 0.25) is 10.0 Å². The molecular formula is C17H12Cl2N2O3. The highest BCUT2D eigenvalue weighted by Gasteiger charge is 2.35. The van der Waals surface area contributed by atoms with E-state index in [0.717, 1.165) is 4.90 Å². The zero-order valence-corrected chi connectivity index (χ0v) is 14.1. The van der Waals surface area contributed by atoms with Crippen molar-refractivity contribution < 1.29 is 14.3 Å². The number of benzene rings is 2. The molecule has 0 radical (unpaired) electrons. The summed E-state index contributed by atoms with van der Waals surface area (Å²) in [7, 11) is 1.51. The molecule has 2 aromatic rings. The van der Waals surface area contributed by atoms with E-state index in [0.29, 0.717) is 27.0 Å². The Hall–Kier alpha value is -2.50. The lowest BCUT2D eigenvalue weighted by molar-refractivity contribution is -0.113. The molecule has 1 heterocycles. The number of amides is 3. The predicted octanol–water partition coefficient (Wildman–Crippen LogP) is 4.10. The van der Waals surface area contributed by atoms with Gasteiger partial charge in [-0.3, -0.25) is 4.79 Å². The molecule has 7 heteroatoms. The first-order valence-corrected chi connectivity index (χ1v) is 7.71. The number of urea groups is 1. The molecule has 122 valence electrons. The van der Waals surface area contributed by atoms with Crippen LogP contribution in [0.3, 0.4) is 0 Å². The Labute approximate surface area is 148 Å². The molecule has 1 fully saturated rings. The third-order valence-corrected chi connectivity index (χ3v) is 3.91. The highest BCUT2D eigenvalue weighted by molar-refractivity contribution is 6.32. The van der Waals surface area contributed by atoms with Crippen molar-refractivity contribution in [3.05, 3.63) is 63.8 Å². The van der Waals surface area contributed by atoms with Crippen LogP contribution < -0.4 is 15.0 Å². The van der Waals surface area contributed by atoms with E-state index in [1.54, 1.807) is 42.5 Å². The lowest BCUT2D eigenvalue weighted by atomic mass is 10.1. The molecule has 0 atom stereocenters. The summed E-state index contributed by atoms with van der Waals surface area (Å²) in [6.45, 7) is 0. The number of anilines is 1. The first kappa shape index (κ1) is 16.4. The number of imide groups is 1. The highest BCUT2D eigenvalue weighted by atomic mass is 35.5. The summed E-state index contributed by atoms with van der Waals surface area (Å²) in [6, 6.07) is 11.0. The van der Waals surface area contributed by atoms with Crippen molar-refractivity contribution in [2.24, 2.45) is 0 Å². The second-order valence-corrected chi connectivity index (χ2v) is 5.87. The molecule has 24 heavy (non-hydrogen) atoms. The van der Waals surface area contributed by atoms with Crippen molar-refractivity contribution in [1.29, 1.82) is 0 Å². The smallest absolute Gasteiger partial charge is 0.333 e. The van der Waals surface area contributed by atoms with Crippen molar-refractivity contribution in [3.63, 3.8) is 0 Å². The van der Waals surface area contributed by atoms with Crippen LogP contribution >= 0.6 is 23.2 Å². The van der Waals surface area contributed by atoms with Crippen LogP contribution in [0.25, 0.3) is 6.08 Å². The Morgan fingerprint density at radius 1 is 1.08 bits per heavy atom. The Balaban J connectivity index is 1.99. The highest BCUT2D eigenvalue weighted by Crippen LogP contribution is 2.28. The minimum absolute atomic E-state index is 0.126. The molecule has 0 spiro atoms. The number of hydrogen-bond donors (Lipinski definition) is 1. The molecule has 1 aliphatic rings. The minimum Gasteiger partial charge on any atom is -0.496 e. The number of carbonyl (C=O) groups is 2. The van der Waals surface area contributed by atoms with Gasteiger partial charge in [0, 0.05) is 15.6 Å². The monoisotopic (exact) mass is 362 g/mol. The van der Waals surface area contributed by atoms with Crippen molar-refractivity contribution >= 4 is 46.9 Å². The average Bonchev–Trinajstić information content (AvgIpc) is 2.81. The Morgan fingerprint density at radius 3 is 2.54 bits per heavy atom. The fraction of sp³-hybridized carbons (Fsp3) is 0.0588. The van der Waals surface area contributed by atoms with Gasteiger partial charge < -0.3 is 10.1 Å². The lowest BCUT2D eigenvalue weighted by Gasteiger charge is -2.11. The van der Waals surface area contributed by atoms with Crippen LogP contribution in [0.15, 0.2) is 48.2 Å².